The van der Waals surface area contributed by atoms with Gasteiger partial charge in [-0.3, -0.25) is 9.59 Å². The lowest BCUT2D eigenvalue weighted by Crippen LogP contribution is -2.25. The molecule has 1 aromatic heterocycles. The third-order valence-corrected chi connectivity index (χ3v) is 6.45. The number of methoxy groups -OCH3 is 2. The first-order valence-electron chi connectivity index (χ1n) is 11.3. The standard InChI is InChI=1S/C26H28N2O6S/c1-5-33-20-10-16-9-15(2)34-21(16)11-17(20)14-27-25(29)18-12-22(31-3)23(32-4)13-19(18)28-26(30)24-7-6-8-35-24/h6-8,10-13,15H,5,9,14H2,1-4H3,(H,27,29)(H,28,30). The highest BCUT2D eigenvalue weighted by Crippen LogP contribution is 2.36. The van der Waals surface area contributed by atoms with Gasteiger partial charge >= 0.3 is 0 Å². The summed E-state index contributed by atoms with van der Waals surface area (Å²) < 4.78 is 22.5. The van der Waals surface area contributed by atoms with Crippen LogP contribution in [-0.4, -0.2) is 38.7 Å². The normalized spacial score (nSPS) is 14.0. The van der Waals surface area contributed by atoms with Crippen LogP contribution in [0, 0.1) is 0 Å². The predicted octanol–water partition coefficient (Wildman–Crippen LogP) is 4.67. The van der Waals surface area contributed by atoms with E-state index in [1.54, 1.807) is 24.3 Å². The topological polar surface area (TPSA) is 95.1 Å². The molecular weight excluding hydrogens is 468 g/mol. The number of hydrogen-bond acceptors (Lipinski definition) is 7. The van der Waals surface area contributed by atoms with E-state index in [1.165, 1.54) is 25.6 Å². The zero-order valence-electron chi connectivity index (χ0n) is 20.1. The van der Waals surface area contributed by atoms with E-state index < -0.39 is 0 Å². The van der Waals surface area contributed by atoms with E-state index in [0.29, 0.717) is 34.4 Å². The van der Waals surface area contributed by atoms with Gasteiger partial charge in [0.15, 0.2) is 11.5 Å². The van der Waals surface area contributed by atoms with Crippen molar-refractivity contribution in [3.8, 4) is 23.0 Å². The predicted molar refractivity (Wildman–Crippen MR) is 134 cm³/mol. The maximum absolute atomic E-state index is 13.3. The van der Waals surface area contributed by atoms with Crippen molar-refractivity contribution in [2.45, 2.75) is 32.9 Å². The Labute approximate surface area is 208 Å². The van der Waals surface area contributed by atoms with E-state index >= 15 is 0 Å². The lowest BCUT2D eigenvalue weighted by Gasteiger charge is -2.17. The number of benzene rings is 2. The van der Waals surface area contributed by atoms with Gasteiger partial charge in [-0.25, -0.2) is 0 Å². The molecule has 2 aromatic carbocycles. The number of amides is 2. The summed E-state index contributed by atoms with van der Waals surface area (Å²) in [6, 6.07) is 10.5. The molecule has 9 heteroatoms. The summed E-state index contributed by atoms with van der Waals surface area (Å²) in [5, 5.41) is 7.57. The molecule has 2 heterocycles. The molecule has 1 unspecified atom stereocenters. The number of carbonyl (C=O) groups is 2. The van der Waals surface area contributed by atoms with Gasteiger partial charge in [-0.1, -0.05) is 6.07 Å². The van der Waals surface area contributed by atoms with Gasteiger partial charge in [0.2, 0.25) is 0 Å². The van der Waals surface area contributed by atoms with Gasteiger partial charge in [0.1, 0.15) is 17.6 Å². The summed E-state index contributed by atoms with van der Waals surface area (Å²) >= 11 is 1.31. The molecule has 0 spiro atoms. The summed E-state index contributed by atoms with van der Waals surface area (Å²) in [4.78, 5) is 26.5. The van der Waals surface area contributed by atoms with Crippen LogP contribution < -0.4 is 29.6 Å². The van der Waals surface area contributed by atoms with Crippen LogP contribution in [0.5, 0.6) is 23.0 Å². The first-order valence-corrected chi connectivity index (χ1v) is 12.2. The molecule has 0 bridgehead atoms. The Hall–Kier alpha value is -3.72. The Bertz CT molecular complexity index is 1230. The molecule has 35 heavy (non-hydrogen) atoms. The van der Waals surface area contributed by atoms with Gasteiger partial charge in [0, 0.05) is 30.2 Å². The molecule has 2 amide bonds. The van der Waals surface area contributed by atoms with E-state index in [9.17, 15) is 9.59 Å². The molecule has 3 aromatic rings. The van der Waals surface area contributed by atoms with Gasteiger partial charge in [-0.15, -0.1) is 11.3 Å². The number of fused-ring (bicyclic) bond motifs is 1. The highest BCUT2D eigenvalue weighted by molar-refractivity contribution is 7.12. The number of rotatable bonds is 9. The van der Waals surface area contributed by atoms with Crippen molar-refractivity contribution in [3.63, 3.8) is 0 Å². The van der Waals surface area contributed by atoms with Crippen molar-refractivity contribution in [2.75, 3.05) is 26.1 Å². The first-order chi connectivity index (χ1) is 16.9. The van der Waals surface area contributed by atoms with Gasteiger partial charge in [0.05, 0.1) is 37.0 Å². The minimum absolute atomic E-state index is 0.102. The fourth-order valence-electron chi connectivity index (χ4n) is 3.94. The van der Waals surface area contributed by atoms with Crippen LogP contribution in [0.25, 0.3) is 0 Å². The number of hydrogen-bond donors (Lipinski definition) is 2. The summed E-state index contributed by atoms with van der Waals surface area (Å²) in [6.07, 6.45) is 0.923. The molecule has 0 fully saturated rings. The maximum atomic E-state index is 13.3. The zero-order valence-corrected chi connectivity index (χ0v) is 20.9. The van der Waals surface area contributed by atoms with Crippen LogP contribution in [-0.2, 0) is 13.0 Å². The molecule has 1 aliphatic heterocycles. The molecule has 184 valence electrons. The van der Waals surface area contributed by atoms with Crippen LogP contribution in [0.1, 0.15) is 45.0 Å². The highest BCUT2D eigenvalue weighted by Gasteiger charge is 2.23. The zero-order chi connectivity index (χ0) is 24.9. The SMILES string of the molecule is CCOc1cc2c(cc1CNC(=O)c1cc(OC)c(OC)cc1NC(=O)c1cccs1)OC(C)C2. The molecule has 0 aliphatic carbocycles. The smallest absolute Gasteiger partial charge is 0.265 e. The summed E-state index contributed by atoms with van der Waals surface area (Å²) in [6.45, 7) is 4.66. The van der Waals surface area contributed by atoms with E-state index in [4.69, 9.17) is 18.9 Å². The van der Waals surface area contributed by atoms with Crippen LogP contribution in [0.15, 0.2) is 41.8 Å². The summed E-state index contributed by atoms with van der Waals surface area (Å²) in [5.74, 6) is 1.59. The fourth-order valence-corrected chi connectivity index (χ4v) is 4.56. The Morgan fingerprint density at radius 3 is 2.54 bits per heavy atom. The van der Waals surface area contributed by atoms with Crippen LogP contribution in [0.3, 0.4) is 0 Å². The van der Waals surface area contributed by atoms with E-state index in [0.717, 1.165) is 23.3 Å². The van der Waals surface area contributed by atoms with Crippen LogP contribution in [0.4, 0.5) is 5.69 Å². The quantitative estimate of drug-likeness (QED) is 0.447. The van der Waals surface area contributed by atoms with Crippen molar-refractivity contribution in [3.05, 3.63) is 63.3 Å². The number of nitrogens with one attached hydrogen (secondary N) is 2. The molecule has 8 nitrogen and oxygen atoms in total. The second-order valence-corrected chi connectivity index (χ2v) is 8.95. The number of anilines is 1. The van der Waals surface area contributed by atoms with E-state index in [2.05, 4.69) is 10.6 Å². The van der Waals surface area contributed by atoms with Crippen molar-refractivity contribution in [1.82, 2.24) is 5.32 Å². The minimum Gasteiger partial charge on any atom is -0.494 e. The van der Waals surface area contributed by atoms with Crippen molar-refractivity contribution < 1.29 is 28.5 Å². The van der Waals surface area contributed by atoms with E-state index in [-0.39, 0.29) is 30.0 Å². The molecule has 1 atom stereocenters. The molecule has 2 N–H and O–H groups in total. The fraction of sp³-hybridized carbons (Fsp3) is 0.308. The molecule has 0 saturated carbocycles. The lowest BCUT2D eigenvalue weighted by molar-refractivity contribution is 0.0951. The van der Waals surface area contributed by atoms with Gasteiger partial charge in [0.25, 0.3) is 11.8 Å². The second-order valence-electron chi connectivity index (χ2n) is 8.00. The Morgan fingerprint density at radius 1 is 1.09 bits per heavy atom. The minimum atomic E-state index is -0.385. The monoisotopic (exact) mass is 496 g/mol. The van der Waals surface area contributed by atoms with Gasteiger partial charge in [-0.05, 0) is 43.5 Å². The number of ether oxygens (including phenoxy) is 4. The third-order valence-electron chi connectivity index (χ3n) is 5.58. The van der Waals surface area contributed by atoms with Crippen molar-refractivity contribution >= 4 is 28.8 Å². The second kappa shape index (κ2) is 10.7. The Kier molecular flexibility index (Phi) is 7.45. The maximum Gasteiger partial charge on any atom is 0.265 e. The first kappa shape index (κ1) is 24.4. The molecule has 4 rings (SSSR count). The Balaban J connectivity index is 1.60. The molecule has 0 saturated heterocycles. The molecule has 0 radical (unpaired) electrons. The molecule has 1 aliphatic rings. The van der Waals surface area contributed by atoms with Gasteiger partial charge in [-0.2, -0.15) is 0 Å². The van der Waals surface area contributed by atoms with Crippen LogP contribution in [0.2, 0.25) is 0 Å². The summed E-state index contributed by atoms with van der Waals surface area (Å²) in [5.41, 5.74) is 2.46. The average Bonchev–Trinajstić information content (AvgIpc) is 3.51. The summed E-state index contributed by atoms with van der Waals surface area (Å²) in [7, 11) is 2.98. The molecular formula is C26H28N2O6S. The Morgan fingerprint density at radius 2 is 1.86 bits per heavy atom. The number of carbonyl (C=O) groups excluding carboxylic acids is 2. The van der Waals surface area contributed by atoms with Crippen LogP contribution >= 0.6 is 11.3 Å². The third kappa shape index (κ3) is 5.35. The largest absolute Gasteiger partial charge is 0.494 e. The van der Waals surface area contributed by atoms with Crippen molar-refractivity contribution in [1.29, 1.82) is 0 Å². The van der Waals surface area contributed by atoms with E-state index in [1.807, 2.05) is 31.4 Å². The number of thiophene rings is 1. The lowest BCUT2D eigenvalue weighted by atomic mass is 10.1. The van der Waals surface area contributed by atoms with Gasteiger partial charge < -0.3 is 29.6 Å². The highest BCUT2D eigenvalue weighted by atomic mass is 32.1. The average molecular weight is 497 g/mol. The van der Waals surface area contributed by atoms with Crippen molar-refractivity contribution in [2.24, 2.45) is 0 Å².